The molecule has 1 aliphatic heterocycles. The van der Waals surface area contributed by atoms with Crippen LogP contribution in [0.1, 0.15) is 32.1 Å². The molecule has 0 radical (unpaired) electrons. The minimum absolute atomic E-state index is 0.228. The predicted octanol–water partition coefficient (Wildman–Crippen LogP) is 0.814. The van der Waals surface area contributed by atoms with Crippen LogP contribution in [0.15, 0.2) is 0 Å². The second-order valence-electron chi connectivity index (χ2n) is 5.09. The van der Waals surface area contributed by atoms with Gasteiger partial charge in [0.25, 0.3) is 0 Å². The molecule has 2 N–H and O–H groups in total. The van der Waals surface area contributed by atoms with Crippen LogP contribution in [0.5, 0.6) is 0 Å². The number of likely N-dealkylation sites (tertiary alicyclic amines) is 1. The van der Waals surface area contributed by atoms with Gasteiger partial charge in [0.15, 0.2) is 0 Å². The van der Waals surface area contributed by atoms with Gasteiger partial charge in [-0.1, -0.05) is 0 Å². The Kier molecular flexibility index (Phi) is 3.75. The minimum atomic E-state index is -0.923. The van der Waals surface area contributed by atoms with E-state index in [1.165, 1.54) is 4.90 Å². The van der Waals surface area contributed by atoms with Gasteiger partial charge in [-0.3, -0.25) is 0 Å². The first-order valence-corrected chi connectivity index (χ1v) is 6.40. The highest BCUT2D eigenvalue weighted by Gasteiger charge is 2.39. The maximum atomic E-state index is 12.0. The standard InChI is InChI=1S/C12H20N2O4/c1-18-12(5-3-6-12)8-13-11(17)14-7-2-4-9(14)10(15)16/h9H,2-8H2,1H3,(H,13,17)(H,15,16)/t9-/m0/s1. The van der Waals surface area contributed by atoms with Crippen LogP contribution in [0.4, 0.5) is 4.79 Å². The van der Waals surface area contributed by atoms with Crippen LogP contribution in [0, 0.1) is 0 Å². The van der Waals surface area contributed by atoms with Crippen LogP contribution in [-0.2, 0) is 9.53 Å². The molecule has 1 heterocycles. The second-order valence-corrected chi connectivity index (χ2v) is 5.09. The highest BCUT2D eigenvalue weighted by molar-refractivity contribution is 5.83. The Bertz CT molecular complexity index is 335. The van der Waals surface area contributed by atoms with Gasteiger partial charge < -0.3 is 20.1 Å². The molecule has 0 unspecified atom stereocenters. The van der Waals surface area contributed by atoms with Crippen molar-refractivity contribution in [3.05, 3.63) is 0 Å². The summed E-state index contributed by atoms with van der Waals surface area (Å²) in [5.41, 5.74) is -0.228. The number of ether oxygens (including phenoxy) is 1. The molecule has 1 saturated heterocycles. The van der Waals surface area contributed by atoms with E-state index >= 15 is 0 Å². The number of carboxylic acid groups (broad SMARTS) is 1. The van der Waals surface area contributed by atoms with Gasteiger partial charge in [0.1, 0.15) is 6.04 Å². The van der Waals surface area contributed by atoms with E-state index in [1.54, 1.807) is 7.11 Å². The molecule has 2 aliphatic rings. The number of carbonyl (C=O) groups excluding carboxylic acids is 1. The first-order valence-electron chi connectivity index (χ1n) is 6.40. The number of nitrogens with one attached hydrogen (secondary N) is 1. The number of methoxy groups -OCH3 is 1. The summed E-state index contributed by atoms with van der Waals surface area (Å²) in [6.07, 6.45) is 4.31. The average Bonchev–Trinajstić information content (AvgIpc) is 2.76. The molecular formula is C12H20N2O4. The summed E-state index contributed by atoms with van der Waals surface area (Å²) >= 11 is 0. The maximum Gasteiger partial charge on any atom is 0.326 e. The molecule has 2 fully saturated rings. The van der Waals surface area contributed by atoms with Gasteiger partial charge in [0.05, 0.1) is 5.60 Å². The van der Waals surface area contributed by atoms with Crippen molar-refractivity contribution in [2.45, 2.75) is 43.7 Å². The molecule has 0 aromatic heterocycles. The third kappa shape index (κ3) is 2.43. The summed E-state index contributed by atoms with van der Waals surface area (Å²) < 4.78 is 5.41. The molecule has 0 spiro atoms. The Hall–Kier alpha value is -1.30. The van der Waals surface area contributed by atoms with Gasteiger partial charge in [-0.25, -0.2) is 9.59 Å². The fourth-order valence-electron chi connectivity index (χ4n) is 2.63. The van der Waals surface area contributed by atoms with E-state index < -0.39 is 12.0 Å². The normalized spacial score (nSPS) is 25.6. The number of aliphatic carboxylic acids is 1. The lowest BCUT2D eigenvalue weighted by atomic mass is 9.80. The van der Waals surface area contributed by atoms with Crippen LogP contribution in [0.25, 0.3) is 0 Å². The number of urea groups is 1. The Labute approximate surface area is 106 Å². The zero-order valence-corrected chi connectivity index (χ0v) is 10.6. The second kappa shape index (κ2) is 5.14. The third-order valence-electron chi connectivity index (χ3n) is 4.06. The lowest BCUT2D eigenvalue weighted by Gasteiger charge is -2.40. The summed E-state index contributed by atoms with van der Waals surface area (Å²) in [5, 5.41) is 11.8. The Morgan fingerprint density at radius 2 is 2.17 bits per heavy atom. The average molecular weight is 256 g/mol. The SMILES string of the molecule is COC1(CNC(=O)N2CCC[C@H]2C(=O)O)CCC1. The monoisotopic (exact) mass is 256 g/mol. The van der Waals surface area contributed by atoms with Crippen molar-refractivity contribution < 1.29 is 19.4 Å². The molecule has 102 valence electrons. The topological polar surface area (TPSA) is 78.9 Å². The van der Waals surface area contributed by atoms with Gasteiger partial charge in [0.2, 0.25) is 0 Å². The van der Waals surface area contributed by atoms with Crippen molar-refractivity contribution in [2.75, 3.05) is 20.2 Å². The van der Waals surface area contributed by atoms with Crippen molar-refractivity contribution in [2.24, 2.45) is 0 Å². The van der Waals surface area contributed by atoms with E-state index in [1.807, 2.05) is 0 Å². The summed E-state index contributed by atoms with van der Waals surface area (Å²) in [6, 6.07) is -0.965. The van der Waals surface area contributed by atoms with E-state index in [2.05, 4.69) is 5.32 Å². The number of carboxylic acids is 1. The summed E-state index contributed by atoms with van der Waals surface area (Å²) in [5.74, 6) is -0.923. The Morgan fingerprint density at radius 3 is 2.67 bits per heavy atom. The minimum Gasteiger partial charge on any atom is -0.480 e. The van der Waals surface area contributed by atoms with Gasteiger partial charge in [-0.05, 0) is 32.1 Å². The molecule has 6 nitrogen and oxygen atoms in total. The van der Waals surface area contributed by atoms with Gasteiger partial charge in [0, 0.05) is 20.2 Å². The van der Waals surface area contributed by atoms with E-state index in [-0.39, 0.29) is 11.6 Å². The lowest BCUT2D eigenvalue weighted by Crippen LogP contribution is -2.53. The molecule has 6 heteroatoms. The molecule has 0 bridgehead atoms. The van der Waals surface area contributed by atoms with Crippen LogP contribution in [0.2, 0.25) is 0 Å². The van der Waals surface area contributed by atoms with Gasteiger partial charge in [-0.15, -0.1) is 0 Å². The van der Waals surface area contributed by atoms with Crippen molar-refractivity contribution in [3.8, 4) is 0 Å². The van der Waals surface area contributed by atoms with E-state index in [4.69, 9.17) is 9.84 Å². The first-order chi connectivity index (χ1) is 8.58. The van der Waals surface area contributed by atoms with Crippen LogP contribution < -0.4 is 5.32 Å². The highest BCUT2D eigenvalue weighted by atomic mass is 16.5. The molecule has 0 aromatic carbocycles. The molecule has 2 amide bonds. The lowest BCUT2D eigenvalue weighted by molar-refractivity contribution is -0.141. The number of carbonyl (C=O) groups is 2. The third-order valence-corrected chi connectivity index (χ3v) is 4.06. The predicted molar refractivity (Wildman–Crippen MR) is 64.4 cm³/mol. The van der Waals surface area contributed by atoms with Crippen LogP contribution >= 0.6 is 0 Å². The number of rotatable bonds is 4. The molecule has 2 rings (SSSR count). The summed E-state index contributed by atoms with van der Waals surface area (Å²) in [6.45, 7) is 0.980. The van der Waals surface area contributed by atoms with Crippen molar-refractivity contribution in [1.82, 2.24) is 10.2 Å². The van der Waals surface area contributed by atoms with E-state index in [9.17, 15) is 9.59 Å². The molecule has 18 heavy (non-hydrogen) atoms. The van der Waals surface area contributed by atoms with Crippen molar-refractivity contribution >= 4 is 12.0 Å². The van der Waals surface area contributed by atoms with Gasteiger partial charge >= 0.3 is 12.0 Å². The zero-order chi connectivity index (χ0) is 13.2. The van der Waals surface area contributed by atoms with Crippen LogP contribution in [0.3, 0.4) is 0 Å². The molecule has 1 atom stereocenters. The molecule has 0 aromatic rings. The van der Waals surface area contributed by atoms with Gasteiger partial charge in [-0.2, -0.15) is 0 Å². The summed E-state index contributed by atoms with van der Waals surface area (Å²) in [4.78, 5) is 24.4. The number of amides is 2. The maximum absolute atomic E-state index is 12.0. The Balaban J connectivity index is 1.86. The Morgan fingerprint density at radius 1 is 1.44 bits per heavy atom. The van der Waals surface area contributed by atoms with E-state index in [0.717, 1.165) is 25.7 Å². The summed E-state index contributed by atoms with van der Waals surface area (Å²) in [7, 11) is 1.65. The van der Waals surface area contributed by atoms with E-state index in [0.29, 0.717) is 19.5 Å². The quantitative estimate of drug-likeness (QED) is 0.780. The molecular weight excluding hydrogens is 236 g/mol. The number of hydrogen-bond donors (Lipinski definition) is 2. The zero-order valence-electron chi connectivity index (χ0n) is 10.6. The number of nitrogens with zero attached hydrogens (tertiary/aromatic N) is 1. The van der Waals surface area contributed by atoms with Crippen LogP contribution in [-0.4, -0.2) is 53.8 Å². The van der Waals surface area contributed by atoms with Crippen molar-refractivity contribution in [3.63, 3.8) is 0 Å². The molecule has 1 aliphatic carbocycles. The first kappa shape index (κ1) is 13.1. The smallest absolute Gasteiger partial charge is 0.326 e. The number of hydrogen-bond acceptors (Lipinski definition) is 3. The highest BCUT2D eigenvalue weighted by Crippen LogP contribution is 2.34. The fraction of sp³-hybridized carbons (Fsp3) is 0.833. The molecule has 1 saturated carbocycles. The largest absolute Gasteiger partial charge is 0.480 e. The van der Waals surface area contributed by atoms with Crippen molar-refractivity contribution in [1.29, 1.82) is 0 Å². The fourth-order valence-corrected chi connectivity index (χ4v) is 2.63.